The number of methoxy groups -OCH3 is 2. The molecule has 1 saturated carbocycles. The van der Waals surface area contributed by atoms with E-state index in [1.807, 2.05) is 31.2 Å². The fraction of sp³-hybridized carbons (Fsp3) is 0.276. The second kappa shape index (κ2) is 11.0. The molecular weight excluding hydrogens is 514 g/mol. The van der Waals surface area contributed by atoms with Gasteiger partial charge >= 0.3 is 17.3 Å². The Morgan fingerprint density at radius 3 is 2.38 bits per heavy atom. The lowest BCUT2D eigenvalue weighted by Gasteiger charge is -2.18. The smallest absolute Gasteiger partial charge is 0.354 e. The van der Waals surface area contributed by atoms with Gasteiger partial charge in [-0.3, -0.25) is 9.36 Å². The Kier molecular flexibility index (Phi) is 7.37. The molecule has 0 bridgehead atoms. The number of benzene rings is 2. The molecule has 0 amide bonds. The van der Waals surface area contributed by atoms with Gasteiger partial charge in [-0.1, -0.05) is 29.8 Å². The molecule has 1 aliphatic carbocycles. The van der Waals surface area contributed by atoms with E-state index in [0.29, 0.717) is 35.9 Å². The molecule has 4 aromatic rings. The van der Waals surface area contributed by atoms with E-state index in [9.17, 15) is 14.4 Å². The van der Waals surface area contributed by atoms with Gasteiger partial charge in [0.05, 0.1) is 26.2 Å². The Bertz CT molecular complexity index is 1640. The molecule has 0 unspecified atom stereocenters. The summed E-state index contributed by atoms with van der Waals surface area (Å²) >= 11 is 0. The van der Waals surface area contributed by atoms with Crippen molar-refractivity contribution in [2.75, 3.05) is 19.5 Å². The third-order valence-electron chi connectivity index (χ3n) is 6.83. The van der Waals surface area contributed by atoms with Crippen LogP contribution >= 0.6 is 0 Å². The van der Waals surface area contributed by atoms with E-state index in [1.54, 1.807) is 42.6 Å². The van der Waals surface area contributed by atoms with Crippen molar-refractivity contribution < 1.29 is 19.0 Å². The number of anilines is 2. The maximum atomic E-state index is 13.7. The molecule has 2 heterocycles. The van der Waals surface area contributed by atoms with Gasteiger partial charge < -0.3 is 19.5 Å². The van der Waals surface area contributed by atoms with Crippen molar-refractivity contribution in [2.24, 2.45) is 5.41 Å². The third-order valence-corrected chi connectivity index (χ3v) is 6.83. The molecule has 11 nitrogen and oxygen atoms in total. The number of carbonyl (C=O) groups excluding carboxylic acids is 1. The molecule has 2 aromatic carbocycles. The number of nitrogens with one attached hydrogen (secondary N) is 1. The first kappa shape index (κ1) is 26.7. The van der Waals surface area contributed by atoms with Crippen LogP contribution in [0.3, 0.4) is 0 Å². The van der Waals surface area contributed by atoms with Gasteiger partial charge in [-0.05, 0) is 61.7 Å². The molecule has 0 saturated heterocycles. The Morgan fingerprint density at radius 1 is 1.00 bits per heavy atom. The number of hydrogen-bond donors (Lipinski definition) is 1. The molecule has 206 valence electrons. The molecular formula is C29H29N5O6. The molecule has 1 fully saturated rings. The molecule has 1 aliphatic rings. The highest BCUT2D eigenvalue weighted by atomic mass is 16.5. The van der Waals surface area contributed by atoms with E-state index >= 15 is 0 Å². The summed E-state index contributed by atoms with van der Waals surface area (Å²) < 4.78 is 18.4. The number of nitrogens with zero attached hydrogens (tertiary/aromatic N) is 4. The monoisotopic (exact) mass is 543 g/mol. The van der Waals surface area contributed by atoms with Crippen LogP contribution in [0.5, 0.6) is 17.4 Å². The zero-order valence-electron chi connectivity index (χ0n) is 22.4. The maximum Gasteiger partial charge on any atom is 0.354 e. The van der Waals surface area contributed by atoms with Crippen LogP contribution in [0.15, 0.2) is 76.4 Å². The van der Waals surface area contributed by atoms with Crippen molar-refractivity contribution in [3.8, 4) is 17.4 Å². The first-order valence-electron chi connectivity index (χ1n) is 12.7. The molecule has 0 spiro atoms. The summed E-state index contributed by atoms with van der Waals surface area (Å²) in [4.78, 5) is 47.4. The molecule has 0 radical (unpaired) electrons. The predicted octanol–water partition coefficient (Wildman–Crippen LogP) is 3.65. The first-order valence-corrected chi connectivity index (χ1v) is 12.7. The van der Waals surface area contributed by atoms with Crippen LogP contribution in [-0.2, 0) is 22.6 Å². The van der Waals surface area contributed by atoms with Crippen LogP contribution in [0.25, 0.3) is 0 Å². The standard InChI is InChI=1S/C29H29N5O6/c1-19-6-8-20(9-7-19)17-33-26(32-27(36)34(28(33)37)18-29(14-15-29)25(35)39-3)31-21-10-12-22(13-11-21)40-24-23(38-2)5-4-16-30-24/h4-13,16H,14-15,17-18H2,1-3H3,(H,31,32,36). The predicted molar refractivity (Wildman–Crippen MR) is 147 cm³/mol. The van der Waals surface area contributed by atoms with Gasteiger partial charge in [-0.2, -0.15) is 4.98 Å². The van der Waals surface area contributed by atoms with E-state index in [2.05, 4.69) is 15.3 Å². The van der Waals surface area contributed by atoms with Crippen molar-refractivity contribution >= 4 is 17.6 Å². The number of carbonyl (C=O) groups is 1. The fourth-order valence-electron chi connectivity index (χ4n) is 4.33. The number of hydrogen-bond acceptors (Lipinski definition) is 9. The molecule has 1 N–H and O–H groups in total. The van der Waals surface area contributed by atoms with E-state index in [0.717, 1.165) is 15.7 Å². The summed E-state index contributed by atoms with van der Waals surface area (Å²) in [6.45, 7) is 2.06. The largest absolute Gasteiger partial charge is 0.491 e. The second-order valence-corrected chi connectivity index (χ2v) is 9.69. The van der Waals surface area contributed by atoms with Crippen LogP contribution in [0.4, 0.5) is 11.6 Å². The van der Waals surface area contributed by atoms with Gasteiger partial charge in [0.1, 0.15) is 5.75 Å². The number of pyridine rings is 1. The highest BCUT2D eigenvalue weighted by Crippen LogP contribution is 2.47. The number of ether oxygens (including phenoxy) is 3. The highest BCUT2D eigenvalue weighted by molar-refractivity contribution is 5.79. The number of rotatable bonds is 10. The zero-order chi connectivity index (χ0) is 28.3. The lowest BCUT2D eigenvalue weighted by molar-refractivity contribution is -0.147. The van der Waals surface area contributed by atoms with Crippen molar-refractivity contribution in [2.45, 2.75) is 32.9 Å². The zero-order valence-corrected chi connectivity index (χ0v) is 22.4. The lowest BCUT2D eigenvalue weighted by Crippen LogP contribution is -2.45. The third kappa shape index (κ3) is 5.58. The van der Waals surface area contributed by atoms with Crippen molar-refractivity contribution in [1.82, 2.24) is 19.1 Å². The quantitative estimate of drug-likeness (QED) is 0.298. The van der Waals surface area contributed by atoms with Crippen LogP contribution < -0.4 is 26.2 Å². The summed E-state index contributed by atoms with van der Waals surface area (Å²) in [6.07, 6.45) is 2.69. The number of aryl methyl sites for hydroxylation is 1. The Morgan fingerprint density at radius 2 is 1.73 bits per heavy atom. The molecule has 0 aliphatic heterocycles. The summed E-state index contributed by atoms with van der Waals surface area (Å²) in [5, 5.41) is 3.09. The van der Waals surface area contributed by atoms with Gasteiger partial charge in [0, 0.05) is 18.4 Å². The fourth-order valence-corrected chi connectivity index (χ4v) is 4.33. The Balaban J connectivity index is 1.46. The Hall–Kier alpha value is -4.93. The lowest BCUT2D eigenvalue weighted by atomic mass is 10.1. The van der Waals surface area contributed by atoms with Gasteiger partial charge in [0.25, 0.3) is 5.88 Å². The molecule has 0 atom stereocenters. The van der Waals surface area contributed by atoms with E-state index in [-0.39, 0.29) is 19.0 Å². The summed E-state index contributed by atoms with van der Waals surface area (Å²) in [5.41, 5.74) is 0.324. The molecule has 40 heavy (non-hydrogen) atoms. The summed E-state index contributed by atoms with van der Waals surface area (Å²) in [6, 6.07) is 18.1. The van der Waals surface area contributed by atoms with E-state index in [1.165, 1.54) is 18.8 Å². The van der Waals surface area contributed by atoms with Gasteiger partial charge in [0.15, 0.2) is 5.75 Å². The highest BCUT2D eigenvalue weighted by Gasteiger charge is 2.52. The SMILES string of the molecule is COC(=O)C1(Cn2c(=O)nc(Nc3ccc(Oc4ncccc4OC)cc3)n(Cc3ccc(C)cc3)c2=O)CC1. The van der Waals surface area contributed by atoms with Gasteiger partial charge in [-0.15, -0.1) is 0 Å². The summed E-state index contributed by atoms with van der Waals surface area (Å²) in [5.74, 6) is 0.977. The minimum atomic E-state index is -0.873. The molecule has 2 aromatic heterocycles. The number of esters is 1. The topological polar surface area (TPSA) is 127 Å². The van der Waals surface area contributed by atoms with Crippen LogP contribution in [-0.4, -0.2) is 39.3 Å². The van der Waals surface area contributed by atoms with Crippen LogP contribution in [0.2, 0.25) is 0 Å². The molecule has 5 rings (SSSR count). The van der Waals surface area contributed by atoms with Crippen molar-refractivity contribution in [3.05, 3.63) is 99.0 Å². The first-order chi connectivity index (χ1) is 19.3. The van der Waals surface area contributed by atoms with E-state index in [4.69, 9.17) is 14.2 Å². The minimum absolute atomic E-state index is 0.0785. The van der Waals surface area contributed by atoms with Crippen LogP contribution in [0, 0.1) is 12.3 Å². The van der Waals surface area contributed by atoms with Gasteiger partial charge in [0.2, 0.25) is 5.95 Å². The van der Waals surface area contributed by atoms with E-state index < -0.39 is 22.8 Å². The number of aromatic nitrogens is 4. The summed E-state index contributed by atoms with van der Waals surface area (Å²) in [7, 11) is 2.84. The minimum Gasteiger partial charge on any atom is -0.491 e. The normalized spacial score (nSPS) is 13.4. The van der Waals surface area contributed by atoms with Crippen molar-refractivity contribution in [1.29, 1.82) is 0 Å². The van der Waals surface area contributed by atoms with Gasteiger partial charge in [-0.25, -0.2) is 19.1 Å². The van der Waals surface area contributed by atoms with Crippen LogP contribution in [0.1, 0.15) is 24.0 Å². The van der Waals surface area contributed by atoms with Crippen molar-refractivity contribution in [3.63, 3.8) is 0 Å². The molecule has 11 heteroatoms. The average molecular weight is 544 g/mol. The average Bonchev–Trinajstić information content (AvgIpc) is 3.76. The second-order valence-electron chi connectivity index (χ2n) is 9.69. The maximum absolute atomic E-state index is 13.7. The Labute approximate surface area is 230 Å².